The first kappa shape index (κ1) is 18.5. The molecule has 3 aromatic rings. The summed E-state index contributed by atoms with van der Waals surface area (Å²) in [5.41, 5.74) is 3.74. The lowest BCUT2D eigenvalue weighted by Crippen LogP contribution is -2.17. The van der Waals surface area contributed by atoms with Crippen LogP contribution in [0.3, 0.4) is 0 Å². The van der Waals surface area contributed by atoms with Gasteiger partial charge in [0.05, 0.1) is 0 Å². The predicted octanol–water partition coefficient (Wildman–Crippen LogP) is 4.74. The zero-order chi connectivity index (χ0) is 19.2. The Morgan fingerprint density at radius 1 is 1.04 bits per heavy atom. The van der Waals surface area contributed by atoms with Gasteiger partial charge in [-0.25, -0.2) is 14.4 Å². The lowest BCUT2D eigenvalue weighted by molar-refractivity contribution is 0.102. The lowest BCUT2D eigenvalue weighted by Gasteiger charge is -2.14. The summed E-state index contributed by atoms with van der Waals surface area (Å²) in [5, 5.41) is 5.89. The first-order valence-corrected chi connectivity index (χ1v) is 8.88. The number of amides is 1. The summed E-state index contributed by atoms with van der Waals surface area (Å²) < 4.78 is 13.3. The van der Waals surface area contributed by atoms with Crippen LogP contribution in [0.15, 0.2) is 54.7 Å². The Morgan fingerprint density at radius 2 is 1.74 bits per heavy atom. The van der Waals surface area contributed by atoms with Crippen molar-refractivity contribution in [1.29, 1.82) is 0 Å². The Labute approximate surface area is 157 Å². The highest BCUT2D eigenvalue weighted by Gasteiger charge is 2.14. The SMILES string of the molecule is CCc1cccc(CC)c1NC(=O)c1ccnc(Nc2cccc(F)c2)n1. The van der Waals surface area contributed by atoms with E-state index in [4.69, 9.17) is 0 Å². The molecule has 0 atom stereocenters. The Hall–Kier alpha value is -3.28. The van der Waals surface area contributed by atoms with Crippen molar-refractivity contribution in [2.75, 3.05) is 10.6 Å². The normalized spacial score (nSPS) is 10.5. The number of nitrogens with zero attached hydrogens (tertiary/aromatic N) is 2. The molecule has 0 saturated carbocycles. The van der Waals surface area contributed by atoms with Crippen molar-refractivity contribution in [1.82, 2.24) is 9.97 Å². The molecule has 1 amide bonds. The number of rotatable bonds is 6. The van der Waals surface area contributed by atoms with Gasteiger partial charge in [0.1, 0.15) is 11.5 Å². The zero-order valence-corrected chi connectivity index (χ0v) is 15.3. The molecule has 3 rings (SSSR count). The molecular formula is C21H21FN4O. The average Bonchev–Trinajstić information content (AvgIpc) is 2.68. The van der Waals surface area contributed by atoms with E-state index in [1.54, 1.807) is 18.2 Å². The van der Waals surface area contributed by atoms with Crippen LogP contribution in [0.2, 0.25) is 0 Å². The van der Waals surface area contributed by atoms with Crippen LogP contribution in [-0.4, -0.2) is 15.9 Å². The van der Waals surface area contributed by atoms with E-state index in [2.05, 4.69) is 34.4 Å². The van der Waals surface area contributed by atoms with Gasteiger partial charge in [0.15, 0.2) is 0 Å². The van der Waals surface area contributed by atoms with Crippen molar-refractivity contribution in [3.05, 3.63) is 77.4 Å². The fourth-order valence-corrected chi connectivity index (χ4v) is 2.82. The Balaban J connectivity index is 1.82. The molecule has 0 saturated heterocycles. The van der Waals surface area contributed by atoms with Crippen LogP contribution in [0.25, 0.3) is 0 Å². The second kappa shape index (κ2) is 8.40. The molecule has 138 valence electrons. The fraction of sp³-hybridized carbons (Fsp3) is 0.190. The van der Waals surface area contributed by atoms with E-state index >= 15 is 0 Å². The second-order valence-corrected chi connectivity index (χ2v) is 6.01. The number of aromatic nitrogens is 2. The van der Waals surface area contributed by atoms with Crippen molar-refractivity contribution in [3.63, 3.8) is 0 Å². The predicted molar refractivity (Wildman–Crippen MR) is 105 cm³/mol. The van der Waals surface area contributed by atoms with Gasteiger partial charge in [-0.1, -0.05) is 38.1 Å². The Morgan fingerprint density at radius 3 is 2.41 bits per heavy atom. The van der Waals surface area contributed by atoms with E-state index in [-0.39, 0.29) is 23.4 Å². The molecule has 27 heavy (non-hydrogen) atoms. The highest BCUT2D eigenvalue weighted by Crippen LogP contribution is 2.23. The fourth-order valence-electron chi connectivity index (χ4n) is 2.82. The van der Waals surface area contributed by atoms with E-state index < -0.39 is 0 Å². The van der Waals surface area contributed by atoms with Crippen LogP contribution in [0, 0.1) is 5.82 Å². The quantitative estimate of drug-likeness (QED) is 0.663. The Bertz CT molecular complexity index is 936. The molecule has 0 aliphatic rings. The molecule has 0 bridgehead atoms. The van der Waals surface area contributed by atoms with Gasteiger partial charge in [-0.15, -0.1) is 0 Å². The van der Waals surface area contributed by atoms with Crippen LogP contribution >= 0.6 is 0 Å². The third kappa shape index (κ3) is 4.47. The monoisotopic (exact) mass is 364 g/mol. The summed E-state index contributed by atoms with van der Waals surface area (Å²) in [4.78, 5) is 21.1. The van der Waals surface area contributed by atoms with E-state index in [0.717, 1.165) is 29.7 Å². The standard InChI is InChI=1S/C21H21FN4O/c1-3-14-7-5-8-15(4-2)19(14)26-20(27)18-11-12-23-21(25-18)24-17-10-6-9-16(22)13-17/h5-13H,3-4H2,1-2H3,(H,26,27)(H,23,24,25). The van der Waals surface area contributed by atoms with Crippen molar-refractivity contribution in [3.8, 4) is 0 Å². The number of hydrogen-bond acceptors (Lipinski definition) is 4. The van der Waals surface area contributed by atoms with Crippen molar-refractivity contribution in [2.24, 2.45) is 0 Å². The van der Waals surface area contributed by atoms with Crippen molar-refractivity contribution in [2.45, 2.75) is 26.7 Å². The molecule has 5 nitrogen and oxygen atoms in total. The molecule has 1 heterocycles. The number of hydrogen-bond donors (Lipinski definition) is 2. The van der Waals surface area contributed by atoms with Gasteiger partial charge in [-0.2, -0.15) is 0 Å². The number of aryl methyl sites for hydroxylation is 2. The minimum Gasteiger partial charge on any atom is -0.324 e. The minimum absolute atomic E-state index is 0.229. The Kier molecular flexibility index (Phi) is 5.76. The molecule has 6 heteroatoms. The average molecular weight is 364 g/mol. The molecule has 2 aromatic carbocycles. The van der Waals surface area contributed by atoms with E-state index in [1.807, 2.05) is 18.2 Å². The summed E-state index contributed by atoms with van der Waals surface area (Å²) in [6.45, 7) is 4.10. The molecule has 0 aliphatic heterocycles. The minimum atomic E-state index is -0.364. The van der Waals surface area contributed by atoms with Gasteiger partial charge in [0.2, 0.25) is 5.95 Å². The molecule has 0 spiro atoms. The van der Waals surface area contributed by atoms with Crippen molar-refractivity contribution < 1.29 is 9.18 Å². The maximum absolute atomic E-state index is 13.3. The number of benzene rings is 2. The summed E-state index contributed by atoms with van der Waals surface area (Å²) in [6, 6.07) is 13.5. The van der Waals surface area contributed by atoms with Gasteiger partial charge < -0.3 is 10.6 Å². The topological polar surface area (TPSA) is 66.9 Å². The number of para-hydroxylation sites is 1. The van der Waals surface area contributed by atoms with Gasteiger partial charge in [-0.05, 0) is 48.2 Å². The summed E-state index contributed by atoms with van der Waals surface area (Å²) in [6.07, 6.45) is 3.13. The highest BCUT2D eigenvalue weighted by molar-refractivity contribution is 6.03. The largest absolute Gasteiger partial charge is 0.324 e. The third-order valence-electron chi connectivity index (χ3n) is 4.21. The molecule has 2 N–H and O–H groups in total. The van der Waals surface area contributed by atoms with Crippen LogP contribution in [-0.2, 0) is 12.8 Å². The molecule has 0 aliphatic carbocycles. The molecule has 1 aromatic heterocycles. The number of anilines is 3. The van der Waals surface area contributed by atoms with Crippen molar-refractivity contribution >= 4 is 23.2 Å². The molecular weight excluding hydrogens is 343 g/mol. The van der Waals surface area contributed by atoms with Crippen LogP contribution in [0.1, 0.15) is 35.5 Å². The molecule has 0 fully saturated rings. The summed E-state index contributed by atoms with van der Waals surface area (Å²) in [7, 11) is 0. The molecule has 0 unspecified atom stereocenters. The van der Waals surface area contributed by atoms with Crippen LogP contribution in [0.5, 0.6) is 0 Å². The van der Waals surface area contributed by atoms with Gasteiger partial charge >= 0.3 is 0 Å². The zero-order valence-electron chi connectivity index (χ0n) is 15.3. The van der Waals surface area contributed by atoms with Crippen LogP contribution < -0.4 is 10.6 Å². The number of nitrogens with one attached hydrogen (secondary N) is 2. The maximum Gasteiger partial charge on any atom is 0.274 e. The van der Waals surface area contributed by atoms with E-state index in [1.165, 1.54) is 18.3 Å². The van der Waals surface area contributed by atoms with E-state index in [9.17, 15) is 9.18 Å². The van der Waals surface area contributed by atoms with Crippen LogP contribution in [0.4, 0.5) is 21.7 Å². The van der Waals surface area contributed by atoms with Gasteiger partial charge in [-0.3, -0.25) is 4.79 Å². The second-order valence-electron chi connectivity index (χ2n) is 6.01. The number of halogens is 1. The highest BCUT2D eigenvalue weighted by atomic mass is 19.1. The third-order valence-corrected chi connectivity index (χ3v) is 4.21. The number of carbonyl (C=O) groups excluding carboxylic acids is 1. The van der Waals surface area contributed by atoms with Gasteiger partial charge in [0, 0.05) is 17.6 Å². The summed E-state index contributed by atoms with van der Waals surface area (Å²) >= 11 is 0. The summed E-state index contributed by atoms with van der Waals surface area (Å²) in [5.74, 6) is -0.444. The van der Waals surface area contributed by atoms with Gasteiger partial charge in [0.25, 0.3) is 5.91 Å². The first-order valence-electron chi connectivity index (χ1n) is 8.88. The number of carbonyl (C=O) groups is 1. The maximum atomic E-state index is 13.3. The first-order chi connectivity index (χ1) is 13.1. The smallest absolute Gasteiger partial charge is 0.274 e. The molecule has 0 radical (unpaired) electrons. The lowest BCUT2D eigenvalue weighted by atomic mass is 10.0. The van der Waals surface area contributed by atoms with E-state index in [0.29, 0.717) is 5.69 Å².